The van der Waals surface area contributed by atoms with Crippen molar-refractivity contribution in [2.45, 2.75) is 6.04 Å². The van der Waals surface area contributed by atoms with Crippen LogP contribution in [0.15, 0.2) is 0 Å². The zero-order valence-corrected chi connectivity index (χ0v) is 9.24. The smallest absolute Gasteiger partial charge is 0.319 e. The van der Waals surface area contributed by atoms with E-state index in [1.807, 2.05) is 0 Å². The molecule has 0 unspecified atom stereocenters. The van der Waals surface area contributed by atoms with Crippen molar-refractivity contribution < 1.29 is 9.53 Å². The molecule has 5 heteroatoms. The molecule has 1 N–H and O–H groups in total. The summed E-state index contributed by atoms with van der Waals surface area (Å²) >= 11 is 0. The SMILES string of the molecule is COC(=O)CN1CCN(C2CNC2)CC1. The molecule has 2 rings (SSSR count). The van der Waals surface area contributed by atoms with Gasteiger partial charge < -0.3 is 10.1 Å². The molecular weight excluding hydrogens is 194 g/mol. The van der Waals surface area contributed by atoms with Gasteiger partial charge in [0.15, 0.2) is 0 Å². The molecule has 0 radical (unpaired) electrons. The Bertz CT molecular complexity index is 223. The summed E-state index contributed by atoms with van der Waals surface area (Å²) in [6.07, 6.45) is 0. The van der Waals surface area contributed by atoms with Gasteiger partial charge >= 0.3 is 5.97 Å². The van der Waals surface area contributed by atoms with Crippen LogP contribution in [0.5, 0.6) is 0 Å². The average molecular weight is 213 g/mol. The second-order valence-electron chi connectivity index (χ2n) is 4.20. The Morgan fingerprint density at radius 2 is 2.00 bits per heavy atom. The quantitative estimate of drug-likeness (QED) is 0.593. The number of carbonyl (C=O) groups excluding carboxylic acids is 1. The van der Waals surface area contributed by atoms with E-state index in [1.54, 1.807) is 0 Å². The van der Waals surface area contributed by atoms with Gasteiger partial charge in [0.05, 0.1) is 13.7 Å². The maximum Gasteiger partial charge on any atom is 0.319 e. The van der Waals surface area contributed by atoms with Gasteiger partial charge in [0, 0.05) is 45.3 Å². The van der Waals surface area contributed by atoms with Gasteiger partial charge in [-0.3, -0.25) is 14.6 Å². The molecule has 0 aromatic carbocycles. The molecule has 0 bridgehead atoms. The normalized spacial score (nSPS) is 24.9. The van der Waals surface area contributed by atoms with Crippen molar-refractivity contribution in [2.75, 3.05) is 52.9 Å². The van der Waals surface area contributed by atoms with Gasteiger partial charge in [-0.1, -0.05) is 0 Å². The van der Waals surface area contributed by atoms with Crippen LogP contribution in [0, 0.1) is 0 Å². The molecule has 0 aliphatic carbocycles. The van der Waals surface area contributed by atoms with Gasteiger partial charge in [-0.05, 0) is 0 Å². The van der Waals surface area contributed by atoms with E-state index in [-0.39, 0.29) is 5.97 Å². The van der Waals surface area contributed by atoms with Crippen LogP contribution >= 0.6 is 0 Å². The lowest BCUT2D eigenvalue weighted by Crippen LogP contribution is -2.61. The largest absolute Gasteiger partial charge is 0.468 e. The molecule has 2 saturated heterocycles. The Labute approximate surface area is 90.4 Å². The second-order valence-corrected chi connectivity index (χ2v) is 4.20. The molecule has 15 heavy (non-hydrogen) atoms. The summed E-state index contributed by atoms with van der Waals surface area (Å²) in [7, 11) is 1.44. The van der Waals surface area contributed by atoms with Crippen LogP contribution < -0.4 is 5.32 Å². The number of piperazine rings is 1. The third kappa shape index (κ3) is 2.68. The molecular formula is C10H19N3O2. The minimum atomic E-state index is -0.131. The van der Waals surface area contributed by atoms with Gasteiger partial charge in [-0.25, -0.2) is 0 Å². The average Bonchev–Trinajstić information content (AvgIpc) is 2.18. The number of hydrogen-bond donors (Lipinski definition) is 1. The minimum absolute atomic E-state index is 0.131. The lowest BCUT2D eigenvalue weighted by atomic mass is 10.1. The highest BCUT2D eigenvalue weighted by Crippen LogP contribution is 2.09. The Hall–Kier alpha value is -0.650. The Kier molecular flexibility index (Phi) is 3.56. The molecule has 2 heterocycles. The maximum absolute atomic E-state index is 11.1. The van der Waals surface area contributed by atoms with Crippen LogP contribution in [-0.4, -0.2) is 74.7 Å². The number of carbonyl (C=O) groups is 1. The lowest BCUT2D eigenvalue weighted by molar-refractivity contribution is -0.142. The summed E-state index contributed by atoms with van der Waals surface area (Å²) in [4.78, 5) is 15.7. The van der Waals surface area contributed by atoms with Crippen LogP contribution in [0.4, 0.5) is 0 Å². The first-order valence-electron chi connectivity index (χ1n) is 5.53. The highest BCUT2D eigenvalue weighted by molar-refractivity contribution is 5.71. The third-order valence-electron chi connectivity index (χ3n) is 3.26. The number of hydrogen-bond acceptors (Lipinski definition) is 5. The fourth-order valence-electron chi connectivity index (χ4n) is 2.07. The fourth-order valence-corrected chi connectivity index (χ4v) is 2.07. The van der Waals surface area contributed by atoms with Crippen LogP contribution in [0.3, 0.4) is 0 Å². The Morgan fingerprint density at radius 1 is 1.33 bits per heavy atom. The van der Waals surface area contributed by atoms with Crippen LogP contribution in [0.25, 0.3) is 0 Å². The summed E-state index contributed by atoms with van der Waals surface area (Å²) in [5.74, 6) is -0.131. The Balaban J connectivity index is 1.69. The zero-order valence-electron chi connectivity index (χ0n) is 9.24. The molecule has 0 aromatic rings. The first-order valence-corrected chi connectivity index (χ1v) is 5.53. The third-order valence-corrected chi connectivity index (χ3v) is 3.26. The van der Waals surface area contributed by atoms with Gasteiger partial charge in [0.1, 0.15) is 0 Å². The highest BCUT2D eigenvalue weighted by Gasteiger charge is 2.28. The van der Waals surface area contributed by atoms with Crippen molar-refractivity contribution in [3.8, 4) is 0 Å². The predicted octanol–water partition coefficient (Wildman–Crippen LogP) is -1.25. The molecule has 5 nitrogen and oxygen atoms in total. The Morgan fingerprint density at radius 3 is 2.47 bits per heavy atom. The molecule has 0 saturated carbocycles. The molecule has 0 aromatic heterocycles. The molecule has 0 amide bonds. The summed E-state index contributed by atoms with van der Waals surface area (Å²) in [6.45, 7) is 6.78. The van der Waals surface area contributed by atoms with E-state index in [0.717, 1.165) is 45.3 Å². The highest BCUT2D eigenvalue weighted by atomic mass is 16.5. The van der Waals surface area contributed by atoms with E-state index < -0.39 is 0 Å². The van der Waals surface area contributed by atoms with Gasteiger partial charge in [0.25, 0.3) is 0 Å². The number of nitrogens with one attached hydrogen (secondary N) is 1. The summed E-state index contributed by atoms with van der Waals surface area (Å²) in [5.41, 5.74) is 0. The molecule has 0 spiro atoms. The number of rotatable bonds is 3. The molecule has 2 fully saturated rings. The molecule has 2 aliphatic rings. The first kappa shape index (κ1) is 10.9. The van der Waals surface area contributed by atoms with E-state index in [1.165, 1.54) is 7.11 Å². The van der Waals surface area contributed by atoms with E-state index >= 15 is 0 Å². The summed E-state index contributed by atoms with van der Waals surface area (Å²) < 4.78 is 4.66. The van der Waals surface area contributed by atoms with Crippen LogP contribution in [0.2, 0.25) is 0 Å². The standard InChI is InChI=1S/C10H19N3O2/c1-15-10(14)8-12-2-4-13(5-3-12)9-6-11-7-9/h9,11H,2-8H2,1H3. The number of ether oxygens (including phenoxy) is 1. The second kappa shape index (κ2) is 4.92. The van der Waals surface area contributed by atoms with Crippen molar-refractivity contribution >= 4 is 5.97 Å². The van der Waals surface area contributed by atoms with E-state index in [4.69, 9.17) is 0 Å². The number of methoxy groups -OCH3 is 1. The van der Waals surface area contributed by atoms with E-state index in [9.17, 15) is 4.79 Å². The molecule has 86 valence electrons. The lowest BCUT2D eigenvalue weighted by Gasteiger charge is -2.43. The monoisotopic (exact) mass is 213 g/mol. The van der Waals surface area contributed by atoms with Crippen LogP contribution in [0.1, 0.15) is 0 Å². The zero-order chi connectivity index (χ0) is 10.7. The van der Waals surface area contributed by atoms with Gasteiger partial charge in [-0.2, -0.15) is 0 Å². The number of nitrogens with zero attached hydrogens (tertiary/aromatic N) is 2. The van der Waals surface area contributed by atoms with Crippen molar-refractivity contribution in [3.63, 3.8) is 0 Å². The van der Waals surface area contributed by atoms with Crippen molar-refractivity contribution in [1.82, 2.24) is 15.1 Å². The topological polar surface area (TPSA) is 44.8 Å². The predicted molar refractivity (Wildman–Crippen MR) is 56.7 cm³/mol. The maximum atomic E-state index is 11.1. The number of esters is 1. The summed E-state index contributed by atoms with van der Waals surface area (Å²) in [5, 5.41) is 3.28. The van der Waals surface area contributed by atoms with E-state index in [2.05, 4.69) is 19.9 Å². The first-order chi connectivity index (χ1) is 7.29. The van der Waals surface area contributed by atoms with Crippen molar-refractivity contribution in [2.24, 2.45) is 0 Å². The minimum Gasteiger partial charge on any atom is -0.468 e. The van der Waals surface area contributed by atoms with Gasteiger partial charge in [0.2, 0.25) is 0 Å². The molecule has 2 aliphatic heterocycles. The van der Waals surface area contributed by atoms with Crippen LogP contribution in [-0.2, 0) is 9.53 Å². The van der Waals surface area contributed by atoms with Crippen molar-refractivity contribution in [3.05, 3.63) is 0 Å². The molecule has 0 atom stereocenters. The summed E-state index contributed by atoms with van der Waals surface area (Å²) in [6, 6.07) is 0.727. The fraction of sp³-hybridized carbons (Fsp3) is 0.900. The van der Waals surface area contributed by atoms with E-state index in [0.29, 0.717) is 6.54 Å². The van der Waals surface area contributed by atoms with Gasteiger partial charge in [-0.15, -0.1) is 0 Å². The van der Waals surface area contributed by atoms with Crippen molar-refractivity contribution in [1.29, 1.82) is 0 Å².